The van der Waals surface area contributed by atoms with Crippen LogP contribution in [0.5, 0.6) is 0 Å². The highest BCUT2D eigenvalue weighted by Gasteiger charge is 2.16. The molecule has 2 N–H and O–H groups in total. The largest absolute Gasteiger partial charge is 0.323 e. The molecule has 0 bridgehead atoms. The molecular weight excluding hydrogens is 288 g/mol. The number of aromatic nitrogens is 2. The quantitative estimate of drug-likeness (QED) is 0.878. The van der Waals surface area contributed by atoms with E-state index in [0.717, 1.165) is 43.1 Å². The zero-order chi connectivity index (χ0) is 14.5. The van der Waals surface area contributed by atoms with E-state index in [9.17, 15) is 4.79 Å². The van der Waals surface area contributed by atoms with Crippen LogP contribution >= 0.6 is 12.4 Å². The van der Waals surface area contributed by atoms with Crippen LogP contribution in [0.3, 0.4) is 0 Å². The van der Waals surface area contributed by atoms with E-state index in [1.807, 2.05) is 18.5 Å². The maximum Gasteiger partial charge on any atom is 0.224 e. The van der Waals surface area contributed by atoms with E-state index in [1.165, 1.54) is 12.8 Å². The van der Waals surface area contributed by atoms with Gasteiger partial charge in [-0.3, -0.25) is 9.48 Å². The number of aryl methyl sites for hydroxylation is 2. The SMILES string of the molecule is CCn1nc(C)c(NC(=O)CCC2CCNCC2)c1C.Cl. The van der Waals surface area contributed by atoms with Crippen molar-refractivity contribution in [2.45, 2.75) is 53.0 Å². The Balaban J connectivity index is 0.00000220. The van der Waals surface area contributed by atoms with Crippen molar-refractivity contribution >= 4 is 24.0 Å². The normalized spacial score (nSPS) is 15.6. The summed E-state index contributed by atoms with van der Waals surface area (Å²) >= 11 is 0. The van der Waals surface area contributed by atoms with E-state index in [-0.39, 0.29) is 18.3 Å². The van der Waals surface area contributed by atoms with Crippen molar-refractivity contribution in [3.05, 3.63) is 11.4 Å². The van der Waals surface area contributed by atoms with Gasteiger partial charge < -0.3 is 10.6 Å². The fraction of sp³-hybridized carbons (Fsp3) is 0.733. The van der Waals surface area contributed by atoms with Crippen molar-refractivity contribution in [3.63, 3.8) is 0 Å². The van der Waals surface area contributed by atoms with Crippen molar-refractivity contribution in [1.29, 1.82) is 0 Å². The Morgan fingerprint density at radius 2 is 2.05 bits per heavy atom. The fourth-order valence-electron chi connectivity index (χ4n) is 2.89. The fourth-order valence-corrected chi connectivity index (χ4v) is 2.89. The van der Waals surface area contributed by atoms with Crippen LogP contribution in [0, 0.1) is 19.8 Å². The van der Waals surface area contributed by atoms with Gasteiger partial charge in [-0.15, -0.1) is 12.4 Å². The second-order valence-corrected chi connectivity index (χ2v) is 5.64. The van der Waals surface area contributed by atoms with E-state index >= 15 is 0 Å². The Labute approximate surface area is 133 Å². The van der Waals surface area contributed by atoms with Crippen LogP contribution in [-0.4, -0.2) is 28.8 Å². The smallest absolute Gasteiger partial charge is 0.224 e. The first-order valence-electron chi connectivity index (χ1n) is 7.66. The predicted molar refractivity (Wildman–Crippen MR) is 88.1 cm³/mol. The zero-order valence-electron chi connectivity index (χ0n) is 13.2. The summed E-state index contributed by atoms with van der Waals surface area (Å²) in [4.78, 5) is 12.1. The molecule has 1 saturated heterocycles. The van der Waals surface area contributed by atoms with Crippen LogP contribution in [0.1, 0.15) is 44.0 Å². The van der Waals surface area contributed by atoms with Gasteiger partial charge in [-0.1, -0.05) is 0 Å². The summed E-state index contributed by atoms with van der Waals surface area (Å²) in [5.74, 6) is 0.813. The zero-order valence-corrected chi connectivity index (χ0v) is 14.1. The Hall–Kier alpha value is -1.07. The van der Waals surface area contributed by atoms with Gasteiger partial charge in [0.25, 0.3) is 0 Å². The summed E-state index contributed by atoms with van der Waals surface area (Å²) in [5, 5.41) is 10.8. The van der Waals surface area contributed by atoms with Crippen molar-refractivity contribution in [2.24, 2.45) is 5.92 Å². The molecule has 0 unspecified atom stereocenters. The average Bonchev–Trinajstić information content (AvgIpc) is 2.73. The molecule has 21 heavy (non-hydrogen) atoms. The topological polar surface area (TPSA) is 59.0 Å². The van der Waals surface area contributed by atoms with Crippen molar-refractivity contribution in [2.75, 3.05) is 18.4 Å². The molecule has 0 aromatic carbocycles. The van der Waals surface area contributed by atoms with Gasteiger partial charge >= 0.3 is 0 Å². The summed E-state index contributed by atoms with van der Waals surface area (Å²) in [6, 6.07) is 0. The van der Waals surface area contributed by atoms with Gasteiger partial charge in [0.15, 0.2) is 0 Å². The van der Waals surface area contributed by atoms with Gasteiger partial charge in [0.2, 0.25) is 5.91 Å². The lowest BCUT2D eigenvalue weighted by Crippen LogP contribution is -2.28. The summed E-state index contributed by atoms with van der Waals surface area (Å²) in [6.07, 6.45) is 3.99. The second kappa shape index (κ2) is 8.39. The van der Waals surface area contributed by atoms with Crippen molar-refractivity contribution in [3.8, 4) is 0 Å². The lowest BCUT2D eigenvalue weighted by atomic mass is 9.93. The monoisotopic (exact) mass is 314 g/mol. The summed E-state index contributed by atoms with van der Waals surface area (Å²) in [7, 11) is 0. The first kappa shape index (κ1) is 18.0. The second-order valence-electron chi connectivity index (χ2n) is 5.64. The molecule has 0 atom stereocenters. The maximum atomic E-state index is 12.1. The van der Waals surface area contributed by atoms with Gasteiger partial charge in [0, 0.05) is 13.0 Å². The minimum absolute atomic E-state index is 0. The third-order valence-electron chi connectivity index (χ3n) is 4.18. The molecule has 0 aliphatic carbocycles. The van der Waals surface area contributed by atoms with Gasteiger partial charge in [0.1, 0.15) is 0 Å². The Morgan fingerprint density at radius 1 is 1.38 bits per heavy atom. The number of carbonyl (C=O) groups is 1. The molecule has 1 aliphatic rings. The van der Waals surface area contributed by atoms with Gasteiger partial charge in [0.05, 0.1) is 17.1 Å². The number of rotatable bonds is 5. The van der Waals surface area contributed by atoms with E-state index < -0.39 is 0 Å². The molecule has 2 rings (SSSR count). The van der Waals surface area contributed by atoms with Crippen LogP contribution in [-0.2, 0) is 11.3 Å². The molecule has 0 radical (unpaired) electrons. The van der Waals surface area contributed by atoms with Crippen molar-refractivity contribution in [1.82, 2.24) is 15.1 Å². The highest BCUT2D eigenvalue weighted by Crippen LogP contribution is 2.21. The molecule has 0 spiro atoms. The molecule has 1 fully saturated rings. The standard InChI is InChI=1S/C15H26N4O.ClH/c1-4-19-12(3)15(11(2)18-19)17-14(20)6-5-13-7-9-16-10-8-13;/h13,16H,4-10H2,1-3H3,(H,17,20);1H. The number of amides is 1. The van der Waals surface area contributed by atoms with Gasteiger partial charge in [-0.05, 0) is 59.0 Å². The van der Waals surface area contributed by atoms with E-state index in [0.29, 0.717) is 12.3 Å². The number of nitrogens with one attached hydrogen (secondary N) is 2. The van der Waals surface area contributed by atoms with E-state index in [1.54, 1.807) is 0 Å². The number of nitrogens with zero attached hydrogens (tertiary/aromatic N) is 2. The molecule has 2 heterocycles. The average molecular weight is 315 g/mol. The molecule has 1 amide bonds. The van der Waals surface area contributed by atoms with E-state index in [4.69, 9.17) is 0 Å². The number of anilines is 1. The van der Waals surface area contributed by atoms with Crippen molar-refractivity contribution < 1.29 is 4.79 Å². The first-order chi connectivity index (χ1) is 9.61. The lowest BCUT2D eigenvalue weighted by Gasteiger charge is -2.22. The summed E-state index contributed by atoms with van der Waals surface area (Å²) in [5.41, 5.74) is 2.84. The van der Waals surface area contributed by atoms with Crippen LogP contribution in [0.2, 0.25) is 0 Å². The number of halogens is 1. The lowest BCUT2D eigenvalue weighted by molar-refractivity contribution is -0.116. The highest BCUT2D eigenvalue weighted by atomic mass is 35.5. The Morgan fingerprint density at radius 3 is 2.62 bits per heavy atom. The molecular formula is C15H27ClN4O. The number of piperidine rings is 1. The summed E-state index contributed by atoms with van der Waals surface area (Å²) in [6.45, 7) is 9.02. The first-order valence-corrected chi connectivity index (χ1v) is 7.66. The molecule has 120 valence electrons. The minimum atomic E-state index is 0. The van der Waals surface area contributed by atoms with Crippen LogP contribution in [0.25, 0.3) is 0 Å². The molecule has 1 aliphatic heterocycles. The summed E-state index contributed by atoms with van der Waals surface area (Å²) < 4.78 is 1.93. The molecule has 6 heteroatoms. The van der Waals surface area contributed by atoms with Gasteiger partial charge in [-0.2, -0.15) is 5.10 Å². The molecule has 5 nitrogen and oxygen atoms in total. The molecule has 0 saturated carbocycles. The molecule has 1 aromatic heterocycles. The Bertz CT molecular complexity index is 466. The van der Waals surface area contributed by atoms with E-state index in [2.05, 4.69) is 22.7 Å². The Kier molecular flexibility index (Phi) is 7.18. The number of hydrogen-bond donors (Lipinski definition) is 2. The number of carbonyl (C=O) groups excluding carboxylic acids is 1. The van der Waals surface area contributed by atoms with Gasteiger partial charge in [-0.25, -0.2) is 0 Å². The third-order valence-corrected chi connectivity index (χ3v) is 4.18. The molecule has 1 aromatic rings. The predicted octanol–water partition coefficient (Wildman–Crippen LogP) is 2.66. The van der Waals surface area contributed by atoms with Crippen LogP contribution in [0.15, 0.2) is 0 Å². The van der Waals surface area contributed by atoms with Crippen LogP contribution in [0.4, 0.5) is 5.69 Å². The minimum Gasteiger partial charge on any atom is -0.323 e. The maximum absolute atomic E-state index is 12.1. The third kappa shape index (κ3) is 4.71. The van der Waals surface area contributed by atoms with Crippen LogP contribution < -0.4 is 10.6 Å². The highest BCUT2D eigenvalue weighted by molar-refractivity contribution is 5.91. The number of hydrogen-bond acceptors (Lipinski definition) is 3.